The average molecular weight is 504 g/mol. The molecule has 0 saturated heterocycles. The predicted molar refractivity (Wildman–Crippen MR) is 118 cm³/mol. The number of rotatable bonds is 5. The summed E-state index contributed by atoms with van der Waals surface area (Å²) in [5, 5.41) is 0.829. The van der Waals surface area contributed by atoms with E-state index in [9.17, 15) is 17.6 Å². The number of carbonyl (C=O) groups excluding carboxylic acids is 1. The number of nitrogens with one attached hydrogen (secondary N) is 1. The Hall–Kier alpha value is -2.39. The third-order valence-electron chi connectivity index (χ3n) is 4.06. The highest BCUT2D eigenvalue weighted by molar-refractivity contribution is 7.89. The Morgan fingerprint density at radius 1 is 1.06 bits per heavy atom. The van der Waals surface area contributed by atoms with Gasteiger partial charge in [0.15, 0.2) is 0 Å². The molecule has 3 rings (SSSR count). The molecule has 1 amide bonds. The maximum atomic E-state index is 14.5. The zero-order valence-electron chi connectivity index (χ0n) is 16.0. The molecule has 0 radical (unpaired) electrons. The molecule has 0 bridgehead atoms. The zero-order chi connectivity index (χ0) is 22.9. The van der Waals surface area contributed by atoms with E-state index in [1.165, 1.54) is 24.4 Å². The van der Waals surface area contributed by atoms with Gasteiger partial charge in [0.1, 0.15) is 16.6 Å². The monoisotopic (exact) mass is 502 g/mol. The van der Waals surface area contributed by atoms with Crippen molar-refractivity contribution in [3.8, 4) is 22.8 Å². The van der Waals surface area contributed by atoms with Crippen molar-refractivity contribution in [3.05, 3.63) is 74.6 Å². The lowest BCUT2D eigenvalue weighted by atomic mass is 9.99. The molecule has 0 saturated carbocycles. The van der Waals surface area contributed by atoms with Crippen LogP contribution in [0.15, 0.2) is 42.6 Å². The van der Waals surface area contributed by atoms with Crippen LogP contribution in [-0.4, -0.2) is 25.6 Å². The van der Waals surface area contributed by atoms with Crippen LogP contribution in [0.2, 0.25) is 15.1 Å². The molecule has 11 heteroatoms. The topological polar surface area (TPSA) is 85.4 Å². The molecule has 3 aromatic rings. The van der Waals surface area contributed by atoms with Crippen LogP contribution in [0.1, 0.15) is 15.9 Å². The molecule has 1 aromatic heterocycles. The van der Waals surface area contributed by atoms with Crippen molar-refractivity contribution >= 4 is 50.7 Å². The van der Waals surface area contributed by atoms with Crippen LogP contribution in [-0.2, 0) is 10.0 Å². The fraction of sp³-hybridized carbons (Fsp3) is 0.100. The highest BCUT2D eigenvalue weighted by Crippen LogP contribution is 2.35. The van der Waals surface area contributed by atoms with Gasteiger partial charge < -0.3 is 4.74 Å². The van der Waals surface area contributed by atoms with E-state index in [0.29, 0.717) is 32.5 Å². The van der Waals surface area contributed by atoms with Gasteiger partial charge in [0.25, 0.3) is 5.91 Å². The van der Waals surface area contributed by atoms with E-state index in [2.05, 4.69) is 4.98 Å². The third kappa shape index (κ3) is 5.65. The minimum atomic E-state index is -3.83. The second kappa shape index (κ2) is 9.00. The first kappa shape index (κ1) is 23.3. The van der Waals surface area contributed by atoms with E-state index in [1.54, 1.807) is 23.8 Å². The molecule has 0 aliphatic heterocycles. The number of sulfonamides is 1. The molecular formula is C20H14Cl3FN2O4S. The Bertz CT molecular complexity index is 1300. The number of aromatic nitrogens is 1. The van der Waals surface area contributed by atoms with Gasteiger partial charge in [0.2, 0.25) is 15.9 Å². The summed E-state index contributed by atoms with van der Waals surface area (Å²) < 4.78 is 44.3. The lowest BCUT2D eigenvalue weighted by molar-refractivity contribution is 0.0977. The molecule has 0 atom stereocenters. The fourth-order valence-corrected chi connectivity index (χ4v) is 3.63. The first-order chi connectivity index (χ1) is 14.4. The van der Waals surface area contributed by atoms with Crippen molar-refractivity contribution in [2.24, 2.45) is 0 Å². The molecule has 0 aliphatic carbocycles. The number of aryl methyl sites for hydroxylation is 1. The van der Waals surface area contributed by atoms with E-state index in [4.69, 9.17) is 39.5 Å². The summed E-state index contributed by atoms with van der Waals surface area (Å²) in [6.07, 6.45) is 2.23. The van der Waals surface area contributed by atoms with Gasteiger partial charge in [-0.3, -0.25) is 4.79 Å². The third-order valence-corrected chi connectivity index (χ3v) is 5.63. The summed E-state index contributed by atoms with van der Waals surface area (Å²) in [5.41, 5.74) is 1.00. The molecule has 0 unspecified atom stereocenters. The quantitative estimate of drug-likeness (QED) is 0.487. The van der Waals surface area contributed by atoms with Crippen molar-refractivity contribution < 1.29 is 22.3 Å². The maximum Gasteiger partial charge on any atom is 0.267 e. The van der Waals surface area contributed by atoms with Crippen LogP contribution in [0.5, 0.6) is 11.6 Å². The molecule has 0 aliphatic rings. The largest absolute Gasteiger partial charge is 0.437 e. The molecular weight excluding hydrogens is 490 g/mol. The lowest BCUT2D eigenvalue weighted by Gasteiger charge is -2.12. The Labute approximate surface area is 193 Å². The number of benzene rings is 2. The van der Waals surface area contributed by atoms with Gasteiger partial charge in [-0.1, -0.05) is 34.8 Å². The normalized spacial score (nSPS) is 11.3. The molecule has 0 spiro atoms. The van der Waals surface area contributed by atoms with Gasteiger partial charge in [-0.15, -0.1) is 0 Å². The summed E-state index contributed by atoms with van der Waals surface area (Å²) >= 11 is 18.1. The Balaban J connectivity index is 1.91. The lowest BCUT2D eigenvalue weighted by Crippen LogP contribution is -2.30. The Morgan fingerprint density at radius 3 is 2.39 bits per heavy atom. The molecule has 2 aromatic carbocycles. The number of hydrogen-bond donors (Lipinski definition) is 1. The average Bonchev–Trinajstić information content (AvgIpc) is 2.66. The van der Waals surface area contributed by atoms with Gasteiger partial charge in [-0.2, -0.15) is 0 Å². The minimum Gasteiger partial charge on any atom is -0.437 e. The number of carbonyl (C=O) groups is 1. The Morgan fingerprint density at radius 2 is 1.77 bits per heavy atom. The van der Waals surface area contributed by atoms with E-state index in [1.807, 2.05) is 0 Å². The van der Waals surface area contributed by atoms with Crippen LogP contribution in [0.3, 0.4) is 0 Å². The number of amides is 1. The van der Waals surface area contributed by atoms with Crippen molar-refractivity contribution in [3.63, 3.8) is 0 Å². The van der Waals surface area contributed by atoms with Crippen molar-refractivity contribution in [2.75, 3.05) is 6.26 Å². The second-order valence-electron chi connectivity index (χ2n) is 6.54. The maximum absolute atomic E-state index is 14.5. The predicted octanol–water partition coefficient (Wildman–Crippen LogP) is 5.64. The van der Waals surface area contributed by atoms with Crippen molar-refractivity contribution in [1.82, 2.24) is 9.71 Å². The van der Waals surface area contributed by atoms with Crippen LogP contribution >= 0.6 is 34.8 Å². The number of hydrogen-bond acceptors (Lipinski definition) is 5. The minimum absolute atomic E-state index is 0.103. The summed E-state index contributed by atoms with van der Waals surface area (Å²) in [5.74, 6) is -1.48. The van der Waals surface area contributed by atoms with Gasteiger partial charge in [0, 0.05) is 17.8 Å². The van der Waals surface area contributed by atoms with E-state index < -0.39 is 27.3 Å². The molecule has 162 valence electrons. The van der Waals surface area contributed by atoms with Crippen molar-refractivity contribution in [1.29, 1.82) is 0 Å². The van der Waals surface area contributed by atoms with Gasteiger partial charge in [-0.05, 0) is 48.4 Å². The van der Waals surface area contributed by atoms with Crippen LogP contribution < -0.4 is 9.46 Å². The van der Waals surface area contributed by atoms with Crippen molar-refractivity contribution in [2.45, 2.75) is 6.92 Å². The molecule has 31 heavy (non-hydrogen) atoms. The van der Waals surface area contributed by atoms with Gasteiger partial charge >= 0.3 is 0 Å². The van der Waals surface area contributed by atoms with Gasteiger partial charge in [0.05, 0.1) is 21.9 Å². The molecule has 1 N–H and O–H groups in total. The van der Waals surface area contributed by atoms with Crippen LogP contribution in [0, 0.1) is 12.7 Å². The highest BCUT2D eigenvalue weighted by Gasteiger charge is 2.19. The SMILES string of the molecule is Cc1cc(C(=O)NS(C)(=O)=O)c(F)cc1-c1cnc(Oc2ccc(Cl)c(Cl)c2)c(Cl)c1. The number of ether oxygens (including phenoxy) is 1. The summed E-state index contributed by atoms with van der Waals surface area (Å²) in [4.78, 5) is 16.2. The summed E-state index contributed by atoms with van der Waals surface area (Å²) in [7, 11) is -3.83. The number of pyridine rings is 1. The fourth-order valence-electron chi connectivity index (χ4n) is 2.69. The standard InChI is InChI=1S/C20H14Cl3FN2O4S/c1-10-5-14(19(27)26-31(2,28)29)18(24)8-13(10)11-6-17(23)20(25-9-11)30-12-3-4-15(21)16(22)7-12/h3-9H,1-2H3,(H,26,27). The highest BCUT2D eigenvalue weighted by atomic mass is 35.5. The van der Waals surface area contributed by atoms with Crippen LogP contribution in [0.4, 0.5) is 4.39 Å². The first-order valence-corrected chi connectivity index (χ1v) is 11.6. The summed E-state index contributed by atoms with van der Waals surface area (Å²) in [6, 6.07) is 8.56. The molecule has 6 nitrogen and oxygen atoms in total. The van der Waals surface area contributed by atoms with E-state index >= 15 is 0 Å². The zero-order valence-corrected chi connectivity index (χ0v) is 19.1. The van der Waals surface area contributed by atoms with Crippen LogP contribution in [0.25, 0.3) is 11.1 Å². The number of nitrogens with zero attached hydrogens (tertiary/aromatic N) is 1. The number of halogens is 4. The van der Waals surface area contributed by atoms with E-state index in [0.717, 1.165) is 12.3 Å². The first-order valence-electron chi connectivity index (χ1n) is 8.55. The van der Waals surface area contributed by atoms with Gasteiger partial charge in [-0.25, -0.2) is 22.5 Å². The second-order valence-corrected chi connectivity index (χ2v) is 9.51. The summed E-state index contributed by atoms with van der Waals surface area (Å²) in [6.45, 7) is 1.64. The molecule has 1 heterocycles. The van der Waals surface area contributed by atoms with E-state index in [-0.39, 0.29) is 10.9 Å². The molecule has 0 fully saturated rings. The smallest absolute Gasteiger partial charge is 0.267 e. The Kier molecular flexibility index (Phi) is 6.76.